The van der Waals surface area contributed by atoms with Gasteiger partial charge in [0.2, 0.25) is 0 Å². The van der Waals surface area contributed by atoms with Crippen LogP contribution in [0.3, 0.4) is 0 Å². The Morgan fingerprint density at radius 3 is 2.70 bits per heavy atom. The maximum Gasteiger partial charge on any atom is 0.135 e. The summed E-state index contributed by atoms with van der Waals surface area (Å²) in [6.45, 7) is 8.77. The van der Waals surface area contributed by atoms with Crippen molar-refractivity contribution in [3.05, 3.63) is 58.1 Å². The highest BCUT2D eigenvalue weighted by Gasteiger charge is 2.38. The summed E-state index contributed by atoms with van der Waals surface area (Å²) in [4.78, 5) is 0. The summed E-state index contributed by atoms with van der Waals surface area (Å²) in [5.74, 6) is 1.14. The molecule has 2 atom stereocenters. The molecule has 156 valence electrons. The molecule has 2 aromatic carbocycles. The van der Waals surface area contributed by atoms with E-state index >= 15 is 0 Å². The van der Waals surface area contributed by atoms with Crippen molar-refractivity contribution >= 4 is 22.9 Å². The van der Waals surface area contributed by atoms with E-state index in [9.17, 15) is 5.11 Å². The van der Waals surface area contributed by atoms with Gasteiger partial charge >= 0.3 is 0 Å². The summed E-state index contributed by atoms with van der Waals surface area (Å²) in [6, 6.07) is 7.74. The van der Waals surface area contributed by atoms with Gasteiger partial charge in [-0.05, 0) is 76.3 Å². The number of nitrogens with one attached hydrogen (secondary N) is 1. The van der Waals surface area contributed by atoms with Crippen molar-refractivity contribution < 1.29 is 9.84 Å². The summed E-state index contributed by atoms with van der Waals surface area (Å²) in [6.07, 6.45) is 8.05. The van der Waals surface area contributed by atoms with Gasteiger partial charge in [0.1, 0.15) is 17.6 Å². The lowest BCUT2D eigenvalue weighted by Gasteiger charge is -2.39. The third-order valence-electron chi connectivity index (χ3n) is 6.56. The normalized spacial score (nSPS) is 23.8. The predicted molar refractivity (Wildman–Crippen MR) is 124 cm³/mol. The number of hydrogen-bond donors (Lipinski definition) is 2. The number of benzene rings is 2. The highest BCUT2D eigenvalue weighted by atomic mass is 35.5. The van der Waals surface area contributed by atoms with Gasteiger partial charge in [0, 0.05) is 28.3 Å². The fourth-order valence-electron chi connectivity index (χ4n) is 5.44. The van der Waals surface area contributed by atoms with Crippen molar-refractivity contribution in [2.45, 2.75) is 58.6 Å². The van der Waals surface area contributed by atoms with E-state index in [2.05, 4.69) is 57.3 Å². The summed E-state index contributed by atoms with van der Waals surface area (Å²) in [5.41, 5.74) is 7.94. The predicted octanol–water partition coefficient (Wildman–Crippen LogP) is 7.50. The summed E-state index contributed by atoms with van der Waals surface area (Å²) in [5, 5.41) is 14.3. The first kappa shape index (κ1) is 19.6. The molecule has 30 heavy (non-hydrogen) atoms. The molecule has 0 bridgehead atoms. The fraction of sp³-hybridized carbons (Fsp3) is 0.385. The first-order valence-corrected chi connectivity index (χ1v) is 11.1. The van der Waals surface area contributed by atoms with Gasteiger partial charge in [0.05, 0.1) is 10.6 Å². The molecule has 0 saturated carbocycles. The smallest absolute Gasteiger partial charge is 0.135 e. The van der Waals surface area contributed by atoms with Gasteiger partial charge in [0.15, 0.2) is 0 Å². The van der Waals surface area contributed by atoms with Crippen LogP contribution in [0.25, 0.3) is 16.7 Å². The van der Waals surface area contributed by atoms with Crippen LogP contribution in [0.5, 0.6) is 11.5 Å². The van der Waals surface area contributed by atoms with Crippen LogP contribution in [0, 0.1) is 5.92 Å². The second kappa shape index (κ2) is 6.81. The van der Waals surface area contributed by atoms with Gasteiger partial charge in [-0.15, -0.1) is 0 Å². The Morgan fingerprint density at radius 2 is 1.93 bits per heavy atom. The van der Waals surface area contributed by atoms with Crippen LogP contribution in [0.2, 0.25) is 5.02 Å². The number of phenolic OH excluding ortho intramolecular Hbond substituents is 1. The number of hydrogen-bond acceptors (Lipinski definition) is 3. The lowest BCUT2D eigenvalue weighted by atomic mass is 9.76. The number of allylic oxidation sites excluding steroid dienone is 2. The molecule has 0 amide bonds. The maximum absolute atomic E-state index is 10.3. The molecule has 2 aromatic rings. The molecule has 2 aliphatic heterocycles. The Bertz CT molecular complexity index is 1110. The van der Waals surface area contributed by atoms with Crippen molar-refractivity contribution in [1.29, 1.82) is 0 Å². The topological polar surface area (TPSA) is 41.5 Å². The standard InChI is InChI=1S/C26H28ClNO2/c1-14-6-5-7-16(12-14)25-23-17(22-20(30-25)11-10-19(29)24(22)27)8-9-18-21(23)15(2)13-26(3,4)28-18/h8-13,16,25,28-29H,5-7H2,1-4H3/t16?,25-/m0/s1. The number of phenols is 1. The lowest BCUT2D eigenvalue weighted by Crippen LogP contribution is -2.33. The summed E-state index contributed by atoms with van der Waals surface area (Å²) < 4.78 is 6.65. The molecule has 3 nitrogen and oxygen atoms in total. The molecule has 0 saturated heterocycles. The molecular weight excluding hydrogens is 394 g/mol. The molecule has 1 unspecified atom stereocenters. The summed E-state index contributed by atoms with van der Waals surface area (Å²) in [7, 11) is 0. The van der Waals surface area contributed by atoms with Crippen LogP contribution in [0.4, 0.5) is 5.69 Å². The highest BCUT2D eigenvalue weighted by Crippen LogP contribution is 2.55. The summed E-state index contributed by atoms with van der Waals surface area (Å²) >= 11 is 6.59. The van der Waals surface area contributed by atoms with Gasteiger partial charge in [-0.1, -0.05) is 35.4 Å². The molecule has 5 rings (SSSR count). The molecule has 0 radical (unpaired) electrons. The third-order valence-corrected chi connectivity index (χ3v) is 6.94. The third kappa shape index (κ3) is 3.02. The highest BCUT2D eigenvalue weighted by molar-refractivity contribution is 6.35. The van der Waals surface area contributed by atoms with Crippen molar-refractivity contribution in [2.75, 3.05) is 5.32 Å². The van der Waals surface area contributed by atoms with Crippen LogP contribution >= 0.6 is 11.6 Å². The molecule has 2 N–H and O–H groups in total. The zero-order valence-corrected chi connectivity index (χ0v) is 18.7. The van der Waals surface area contributed by atoms with E-state index in [1.54, 1.807) is 6.07 Å². The maximum atomic E-state index is 10.3. The van der Waals surface area contributed by atoms with Crippen LogP contribution in [-0.4, -0.2) is 10.6 Å². The minimum Gasteiger partial charge on any atom is -0.506 e. The molecular formula is C26H28ClNO2. The van der Waals surface area contributed by atoms with Crippen LogP contribution in [-0.2, 0) is 0 Å². The number of halogens is 1. The molecule has 3 aliphatic rings. The zero-order valence-electron chi connectivity index (χ0n) is 18.0. The molecule has 4 heteroatoms. The van der Waals surface area contributed by atoms with E-state index in [0.29, 0.717) is 10.9 Å². The Labute approximate surface area is 183 Å². The first-order valence-electron chi connectivity index (χ1n) is 10.8. The van der Waals surface area contributed by atoms with Crippen molar-refractivity contribution in [2.24, 2.45) is 5.92 Å². The Hall–Kier alpha value is -2.39. The largest absolute Gasteiger partial charge is 0.506 e. The average Bonchev–Trinajstić information content (AvgIpc) is 2.68. The Morgan fingerprint density at radius 1 is 1.13 bits per heavy atom. The minimum atomic E-state index is -0.106. The fourth-order valence-corrected chi connectivity index (χ4v) is 5.70. The van der Waals surface area contributed by atoms with Crippen molar-refractivity contribution in [3.8, 4) is 22.6 Å². The molecule has 0 aromatic heterocycles. The Kier molecular flexibility index (Phi) is 4.44. The monoisotopic (exact) mass is 421 g/mol. The molecule has 1 aliphatic carbocycles. The van der Waals surface area contributed by atoms with Crippen molar-refractivity contribution in [1.82, 2.24) is 0 Å². The van der Waals surface area contributed by atoms with E-state index in [4.69, 9.17) is 16.3 Å². The molecule has 0 fully saturated rings. The van der Waals surface area contributed by atoms with Gasteiger partial charge in [0.25, 0.3) is 0 Å². The van der Waals surface area contributed by atoms with Crippen LogP contribution in [0.1, 0.15) is 64.2 Å². The van der Waals surface area contributed by atoms with Crippen LogP contribution in [0.15, 0.2) is 42.0 Å². The van der Waals surface area contributed by atoms with Crippen LogP contribution < -0.4 is 10.1 Å². The quantitative estimate of drug-likeness (QED) is 0.468. The first-order chi connectivity index (χ1) is 14.2. The number of fused-ring (bicyclic) bond motifs is 5. The lowest BCUT2D eigenvalue weighted by molar-refractivity contribution is 0.145. The van der Waals surface area contributed by atoms with E-state index in [1.165, 1.54) is 28.7 Å². The number of rotatable bonds is 1. The van der Waals surface area contributed by atoms with E-state index in [-0.39, 0.29) is 17.4 Å². The van der Waals surface area contributed by atoms with Gasteiger partial charge < -0.3 is 15.2 Å². The van der Waals surface area contributed by atoms with Gasteiger partial charge in [-0.25, -0.2) is 0 Å². The van der Waals surface area contributed by atoms with Crippen molar-refractivity contribution in [3.63, 3.8) is 0 Å². The Balaban J connectivity index is 1.79. The minimum absolute atomic E-state index is 0.0790. The average molecular weight is 422 g/mol. The van der Waals surface area contributed by atoms with Gasteiger partial charge in [-0.3, -0.25) is 0 Å². The van der Waals surface area contributed by atoms with E-state index in [1.807, 2.05) is 6.07 Å². The van der Waals surface area contributed by atoms with E-state index in [0.717, 1.165) is 35.4 Å². The van der Waals surface area contributed by atoms with E-state index < -0.39 is 0 Å². The van der Waals surface area contributed by atoms with Gasteiger partial charge in [-0.2, -0.15) is 0 Å². The number of ether oxygens (including phenoxy) is 1. The second-order valence-corrected chi connectivity index (χ2v) is 9.88. The SMILES string of the molecule is CC1=CC([C@@H]2Oc3ccc(O)c(Cl)c3-c3ccc4c(c32)C(C)=CC(C)(C)N4)CCC1. The number of anilines is 1. The zero-order chi connectivity index (χ0) is 21.2. The molecule has 2 heterocycles. The number of aromatic hydroxyl groups is 1. The molecule has 0 spiro atoms. The second-order valence-electron chi connectivity index (χ2n) is 9.50.